The number of carbonyl (C=O) groups is 2. The van der Waals surface area contributed by atoms with Crippen molar-refractivity contribution < 1.29 is 28.5 Å². The Morgan fingerprint density at radius 3 is 2.31 bits per heavy atom. The van der Waals surface area contributed by atoms with Gasteiger partial charge in [-0.25, -0.2) is 4.79 Å². The first-order valence-electron chi connectivity index (χ1n) is 9.19. The molecule has 1 heterocycles. The fourth-order valence-corrected chi connectivity index (χ4v) is 2.83. The van der Waals surface area contributed by atoms with Gasteiger partial charge in [0, 0.05) is 24.2 Å². The van der Waals surface area contributed by atoms with Gasteiger partial charge in [0.2, 0.25) is 0 Å². The zero-order valence-electron chi connectivity index (χ0n) is 16.4. The number of ketones is 1. The van der Waals surface area contributed by atoms with Crippen LogP contribution in [0.5, 0.6) is 17.2 Å². The summed E-state index contributed by atoms with van der Waals surface area (Å²) in [5.41, 5.74) is 1.21. The number of allylic oxidation sites excluding steroid dienone is 1. The second-order valence-corrected chi connectivity index (χ2v) is 6.30. The van der Waals surface area contributed by atoms with Crippen molar-refractivity contribution in [3.8, 4) is 17.2 Å². The third-order valence-corrected chi connectivity index (χ3v) is 4.46. The molecule has 7 nitrogen and oxygen atoms in total. The number of ether oxygens (including phenoxy) is 4. The van der Waals surface area contributed by atoms with Crippen LogP contribution in [-0.2, 0) is 4.74 Å². The Kier molecular flexibility index (Phi) is 6.86. The molecule has 0 radical (unpaired) electrons. The highest BCUT2D eigenvalue weighted by molar-refractivity contribution is 6.07. The fraction of sp³-hybridized carbons (Fsp3) is 0.273. The van der Waals surface area contributed by atoms with Crippen molar-refractivity contribution in [2.45, 2.75) is 0 Å². The molecule has 0 aromatic heterocycles. The number of methoxy groups -OCH3 is 2. The average Bonchev–Trinajstić information content (AvgIpc) is 2.78. The number of rotatable bonds is 6. The van der Waals surface area contributed by atoms with E-state index in [-0.39, 0.29) is 5.78 Å². The van der Waals surface area contributed by atoms with Crippen molar-refractivity contribution in [2.24, 2.45) is 0 Å². The van der Waals surface area contributed by atoms with Gasteiger partial charge in [-0.05, 0) is 54.6 Å². The number of hydrogen-bond donors (Lipinski definition) is 0. The lowest BCUT2D eigenvalue weighted by Gasteiger charge is -2.25. The van der Waals surface area contributed by atoms with E-state index in [9.17, 15) is 9.59 Å². The average molecular weight is 397 g/mol. The van der Waals surface area contributed by atoms with Crippen molar-refractivity contribution in [3.63, 3.8) is 0 Å². The molecule has 2 aromatic rings. The molecule has 0 unspecified atom stereocenters. The molecule has 29 heavy (non-hydrogen) atoms. The molecule has 1 amide bonds. The van der Waals surface area contributed by atoms with Crippen LogP contribution in [0.15, 0.2) is 48.5 Å². The van der Waals surface area contributed by atoms with Gasteiger partial charge in [0.15, 0.2) is 5.78 Å². The molecule has 1 saturated heterocycles. The molecule has 0 atom stereocenters. The first-order chi connectivity index (χ1) is 14.1. The summed E-state index contributed by atoms with van der Waals surface area (Å²) < 4.78 is 21.1. The summed E-state index contributed by atoms with van der Waals surface area (Å²) in [6, 6.07) is 11.8. The van der Waals surface area contributed by atoms with Crippen LogP contribution in [0.25, 0.3) is 6.08 Å². The third kappa shape index (κ3) is 5.36. The van der Waals surface area contributed by atoms with E-state index >= 15 is 0 Å². The molecule has 0 aliphatic carbocycles. The number of nitrogens with zero attached hydrogens (tertiary/aromatic N) is 1. The van der Waals surface area contributed by atoms with Crippen LogP contribution in [0, 0.1) is 0 Å². The highest BCUT2D eigenvalue weighted by Gasteiger charge is 2.18. The van der Waals surface area contributed by atoms with Gasteiger partial charge in [0.1, 0.15) is 17.2 Å². The quantitative estimate of drug-likeness (QED) is 0.549. The van der Waals surface area contributed by atoms with E-state index in [1.807, 2.05) is 0 Å². The Hall–Kier alpha value is -3.32. The SMILES string of the molecule is COc1ccc(OC)c(C=CC(=O)c2ccc(OC(=O)N3CCOCC3)cc2)c1. The largest absolute Gasteiger partial charge is 0.497 e. The highest BCUT2D eigenvalue weighted by Crippen LogP contribution is 2.25. The maximum Gasteiger partial charge on any atom is 0.415 e. The second kappa shape index (κ2) is 9.75. The first-order valence-corrected chi connectivity index (χ1v) is 9.19. The molecule has 0 spiro atoms. The molecule has 152 valence electrons. The molecular formula is C22H23NO6. The van der Waals surface area contributed by atoms with Crippen LogP contribution in [0.2, 0.25) is 0 Å². The zero-order valence-corrected chi connectivity index (χ0v) is 16.4. The van der Waals surface area contributed by atoms with Gasteiger partial charge in [-0.2, -0.15) is 0 Å². The summed E-state index contributed by atoms with van der Waals surface area (Å²) >= 11 is 0. The summed E-state index contributed by atoms with van der Waals surface area (Å²) in [5.74, 6) is 1.52. The zero-order chi connectivity index (χ0) is 20.6. The predicted molar refractivity (Wildman–Crippen MR) is 108 cm³/mol. The van der Waals surface area contributed by atoms with Crippen LogP contribution in [0.1, 0.15) is 15.9 Å². The smallest absolute Gasteiger partial charge is 0.415 e. The molecule has 2 aromatic carbocycles. The number of carbonyl (C=O) groups excluding carboxylic acids is 2. The maximum atomic E-state index is 12.5. The van der Waals surface area contributed by atoms with Crippen LogP contribution < -0.4 is 14.2 Å². The first kappa shape index (κ1) is 20.4. The third-order valence-electron chi connectivity index (χ3n) is 4.46. The molecule has 0 N–H and O–H groups in total. The Balaban J connectivity index is 1.64. The van der Waals surface area contributed by atoms with Gasteiger partial charge >= 0.3 is 6.09 Å². The summed E-state index contributed by atoms with van der Waals surface area (Å²) in [5, 5.41) is 0. The van der Waals surface area contributed by atoms with E-state index in [1.54, 1.807) is 67.7 Å². The summed E-state index contributed by atoms with van der Waals surface area (Å²) in [6.45, 7) is 2.03. The number of amides is 1. The van der Waals surface area contributed by atoms with Crippen LogP contribution >= 0.6 is 0 Å². The van der Waals surface area contributed by atoms with Gasteiger partial charge < -0.3 is 23.8 Å². The highest BCUT2D eigenvalue weighted by atomic mass is 16.6. The minimum atomic E-state index is -0.419. The van der Waals surface area contributed by atoms with Gasteiger partial charge in [-0.3, -0.25) is 4.79 Å². The van der Waals surface area contributed by atoms with E-state index < -0.39 is 6.09 Å². The van der Waals surface area contributed by atoms with Gasteiger partial charge in [-0.1, -0.05) is 0 Å². The lowest BCUT2D eigenvalue weighted by Crippen LogP contribution is -2.42. The van der Waals surface area contributed by atoms with E-state index in [2.05, 4.69) is 0 Å². The fourth-order valence-electron chi connectivity index (χ4n) is 2.83. The molecular weight excluding hydrogens is 374 g/mol. The molecule has 1 fully saturated rings. The molecule has 1 aliphatic rings. The van der Waals surface area contributed by atoms with E-state index in [0.29, 0.717) is 49.1 Å². The van der Waals surface area contributed by atoms with Gasteiger partial charge in [-0.15, -0.1) is 0 Å². The van der Waals surface area contributed by atoms with E-state index in [4.69, 9.17) is 18.9 Å². The standard InChI is InChI=1S/C22H23NO6/c1-26-19-8-10-21(27-2)17(15-19)5-9-20(24)16-3-6-18(7-4-16)29-22(25)23-11-13-28-14-12-23/h3-10,15H,11-14H2,1-2H3. The Bertz CT molecular complexity index is 885. The van der Waals surface area contributed by atoms with Crippen molar-refractivity contribution in [2.75, 3.05) is 40.5 Å². The number of hydrogen-bond acceptors (Lipinski definition) is 6. The number of benzene rings is 2. The van der Waals surface area contributed by atoms with Crippen LogP contribution in [0.3, 0.4) is 0 Å². The van der Waals surface area contributed by atoms with Crippen LogP contribution in [-0.4, -0.2) is 57.3 Å². The Labute approximate surface area is 169 Å². The minimum Gasteiger partial charge on any atom is -0.497 e. The summed E-state index contributed by atoms with van der Waals surface area (Å²) in [6.07, 6.45) is 2.72. The molecule has 1 aliphatic heterocycles. The van der Waals surface area contributed by atoms with E-state index in [1.165, 1.54) is 6.08 Å². The Morgan fingerprint density at radius 2 is 1.66 bits per heavy atom. The molecule has 0 saturated carbocycles. The molecule has 3 rings (SSSR count). The monoisotopic (exact) mass is 397 g/mol. The lowest BCUT2D eigenvalue weighted by molar-refractivity contribution is 0.0416. The number of morpholine rings is 1. The van der Waals surface area contributed by atoms with Crippen molar-refractivity contribution in [1.29, 1.82) is 0 Å². The van der Waals surface area contributed by atoms with Gasteiger partial charge in [0.25, 0.3) is 0 Å². The summed E-state index contributed by atoms with van der Waals surface area (Å²) in [4.78, 5) is 26.2. The second-order valence-electron chi connectivity index (χ2n) is 6.30. The van der Waals surface area contributed by atoms with Crippen molar-refractivity contribution in [1.82, 2.24) is 4.90 Å². The maximum absolute atomic E-state index is 12.5. The Morgan fingerprint density at radius 1 is 0.966 bits per heavy atom. The predicted octanol–water partition coefficient (Wildman–Crippen LogP) is 3.43. The minimum absolute atomic E-state index is 0.180. The van der Waals surface area contributed by atoms with Crippen LogP contribution in [0.4, 0.5) is 4.79 Å². The van der Waals surface area contributed by atoms with Gasteiger partial charge in [0.05, 0.1) is 27.4 Å². The molecule has 7 heteroatoms. The molecule has 0 bridgehead atoms. The lowest BCUT2D eigenvalue weighted by atomic mass is 10.1. The van der Waals surface area contributed by atoms with Crippen molar-refractivity contribution >= 4 is 18.0 Å². The summed E-state index contributed by atoms with van der Waals surface area (Å²) in [7, 11) is 3.14. The topological polar surface area (TPSA) is 74.3 Å². The normalized spacial score (nSPS) is 13.9. The van der Waals surface area contributed by atoms with Crippen molar-refractivity contribution in [3.05, 3.63) is 59.7 Å². The van der Waals surface area contributed by atoms with E-state index in [0.717, 1.165) is 5.56 Å².